The minimum absolute atomic E-state index is 0. The minimum atomic E-state index is 0. The Balaban J connectivity index is 0. The van der Waals surface area contributed by atoms with Crippen LogP contribution >= 0.6 is 0 Å². The molecule has 0 aliphatic heterocycles. The largest absolute Gasteiger partial charge is 0.645 e. The van der Waals surface area contributed by atoms with Crippen LogP contribution in [-0.2, 0) is 59.4 Å². The predicted octanol–water partition coefficient (Wildman–Crippen LogP) is 3.31. The molecule has 0 saturated carbocycles. The van der Waals surface area contributed by atoms with Gasteiger partial charge < -0.3 is 26.3 Å². The van der Waals surface area contributed by atoms with E-state index in [2.05, 4.69) is 43.1 Å². The number of aryl methyl sites for hydroxylation is 2. The molecule has 2 aromatic rings. The third-order valence-corrected chi connectivity index (χ3v) is 4.44. The van der Waals surface area contributed by atoms with Crippen molar-refractivity contribution < 1.29 is 32.7 Å². The second kappa shape index (κ2) is 22.7. The van der Waals surface area contributed by atoms with Crippen molar-refractivity contribution in [2.75, 3.05) is 19.9 Å². The van der Waals surface area contributed by atoms with Crippen molar-refractivity contribution >= 4 is 0 Å². The zero-order valence-electron chi connectivity index (χ0n) is 23.7. The van der Waals surface area contributed by atoms with E-state index >= 15 is 0 Å². The van der Waals surface area contributed by atoms with E-state index in [4.69, 9.17) is 11.6 Å². The van der Waals surface area contributed by atoms with Crippen LogP contribution in [0.5, 0.6) is 0 Å². The van der Waals surface area contributed by atoms with Crippen LogP contribution in [0.1, 0.15) is 72.7 Å². The van der Waals surface area contributed by atoms with Gasteiger partial charge in [-0.2, -0.15) is 0 Å². The Labute approximate surface area is 243 Å². The van der Waals surface area contributed by atoms with Crippen LogP contribution < -0.4 is 11.6 Å². The Hall–Kier alpha value is -1.44. The third kappa shape index (κ3) is 16.3. The molecular weight excluding hydrogens is 533 g/mol. The van der Waals surface area contributed by atoms with E-state index in [9.17, 15) is 0 Å². The van der Waals surface area contributed by atoms with E-state index in [1.54, 1.807) is 15.9 Å². The molecule has 13 heteroatoms. The number of hydrogen-bond acceptors (Lipinski definition) is 8. The fourth-order valence-electron chi connectivity index (χ4n) is 2.69. The molecule has 0 aromatic carbocycles. The zero-order chi connectivity index (χ0) is 26.6. The van der Waals surface area contributed by atoms with E-state index in [-0.39, 0.29) is 38.8 Å². The Morgan fingerprint density at radius 3 is 2.28 bits per heavy atom. The fraction of sp³-hybridized carbons (Fsp3) is 0.739. The molecule has 0 bridgehead atoms. The molecule has 0 aliphatic rings. The minimum Gasteiger partial charge on any atom is -0.645 e. The van der Waals surface area contributed by atoms with Crippen LogP contribution in [0.15, 0.2) is 24.3 Å². The van der Waals surface area contributed by atoms with Crippen molar-refractivity contribution in [1.82, 2.24) is 39.9 Å². The smallest absolute Gasteiger partial charge is 0.0965 e. The summed E-state index contributed by atoms with van der Waals surface area (Å²) < 4.78 is 3.55. The Morgan fingerprint density at radius 2 is 1.69 bits per heavy atom. The van der Waals surface area contributed by atoms with Gasteiger partial charge in [-0.25, -0.2) is 5.84 Å². The molecule has 0 unspecified atom stereocenters. The van der Waals surface area contributed by atoms with Gasteiger partial charge in [0.25, 0.3) is 0 Å². The molecule has 0 atom stereocenters. The van der Waals surface area contributed by atoms with E-state index in [0.29, 0.717) is 38.7 Å². The molecule has 0 aliphatic carbocycles. The molecule has 0 spiro atoms. The summed E-state index contributed by atoms with van der Waals surface area (Å²) >= 11 is 0. The molecule has 2 aromatic heterocycles. The molecule has 0 fully saturated rings. The molecule has 0 saturated heterocycles. The topological polar surface area (TPSA) is 148 Å². The first-order valence-corrected chi connectivity index (χ1v) is 12.6. The number of aromatic nitrogens is 6. The van der Waals surface area contributed by atoms with Crippen LogP contribution in [0.25, 0.3) is 10.6 Å². The van der Waals surface area contributed by atoms with Crippen LogP contribution in [-0.4, -0.2) is 65.8 Å². The van der Waals surface area contributed by atoms with Gasteiger partial charge in [-0.1, -0.05) is 64.8 Å². The van der Waals surface area contributed by atoms with E-state index in [1.165, 1.54) is 0 Å². The molecule has 36 heavy (non-hydrogen) atoms. The molecular formula is C23H48N12Y-2. The van der Waals surface area contributed by atoms with Gasteiger partial charge in [0.1, 0.15) is 0 Å². The molecule has 2 rings (SSSR count). The number of nitrogens with zero attached hydrogens (tertiary/aromatic N) is 10. The van der Waals surface area contributed by atoms with Crippen molar-refractivity contribution in [1.29, 1.82) is 0 Å². The van der Waals surface area contributed by atoms with Crippen LogP contribution in [0, 0.1) is 0 Å². The van der Waals surface area contributed by atoms with E-state index in [1.807, 2.05) is 65.7 Å². The predicted molar refractivity (Wildman–Crippen MR) is 143 cm³/mol. The number of hydrogen-bond donors (Lipinski definition) is 2. The molecule has 12 nitrogen and oxygen atoms in total. The van der Waals surface area contributed by atoms with Crippen molar-refractivity contribution in [3.05, 3.63) is 46.3 Å². The maximum atomic E-state index is 6.03. The van der Waals surface area contributed by atoms with Crippen LogP contribution in [0.2, 0.25) is 0 Å². The summed E-state index contributed by atoms with van der Waals surface area (Å²) in [4.78, 5) is 2.07. The van der Waals surface area contributed by atoms with Gasteiger partial charge in [0.2, 0.25) is 0 Å². The van der Waals surface area contributed by atoms with Crippen molar-refractivity contribution in [2.45, 2.75) is 87.0 Å². The quantitative estimate of drug-likeness (QED) is 0.241. The van der Waals surface area contributed by atoms with Crippen LogP contribution in [0.3, 0.4) is 0 Å². The second-order valence-electron chi connectivity index (χ2n) is 7.83. The standard InChI is InChI=1S/C19H36N12.2C2H6.Y/c1-5-6-7-30-13-18(24-27-30)9-23-15-29(12-19-11-28(4)26-25-19)14-22-8-17(20)10-31(21)16(2)3;2*1-2;/h10-11,13,16H,5-9,12,14-15,20-21H2,1-4H3;2*1-2H3;/q-2;;;/b17-10-;;;. The van der Waals surface area contributed by atoms with E-state index in [0.717, 1.165) is 30.8 Å². The number of rotatable bonds is 15. The van der Waals surface area contributed by atoms with Gasteiger partial charge in [0.15, 0.2) is 0 Å². The average molecular weight is 582 g/mol. The summed E-state index contributed by atoms with van der Waals surface area (Å²) in [5, 5.41) is 27.2. The number of nitrogens with two attached hydrogens (primary N) is 2. The molecule has 205 valence electrons. The zero-order valence-corrected chi connectivity index (χ0v) is 26.5. The Kier molecular flexibility index (Phi) is 23.2. The first-order chi connectivity index (χ1) is 16.9. The summed E-state index contributed by atoms with van der Waals surface area (Å²) in [6.07, 6.45) is 7.77. The SMILES string of the molecule is CC.CC.CCCCn1cc(C[N-]CN(C[N-]C/C(N)=C/N(N)C(C)C)Cc2cn(C)nn2)nn1.[Y]. The molecule has 1 radical (unpaired) electrons. The number of unbranched alkanes of at least 4 members (excludes halogenated alkanes) is 1. The Morgan fingerprint density at radius 1 is 1.06 bits per heavy atom. The summed E-state index contributed by atoms with van der Waals surface area (Å²) in [6, 6.07) is 0.172. The van der Waals surface area contributed by atoms with Gasteiger partial charge >= 0.3 is 0 Å². The second-order valence-corrected chi connectivity index (χ2v) is 7.83. The van der Waals surface area contributed by atoms with Gasteiger partial charge in [-0.15, -0.1) is 23.3 Å². The first-order valence-electron chi connectivity index (χ1n) is 12.6. The first kappa shape index (κ1) is 36.7. The fourth-order valence-corrected chi connectivity index (χ4v) is 2.69. The molecule has 0 amide bonds. The van der Waals surface area contributed by atoms with Gasteiger partial charge in [-0.3, -0.25) is 9.36 Å². The van der Waals surface area contributed by atoms with Crippen molar-refractivity contribution in [2.24, 2.45) is 18.6 Å². The van der Waals surface area contributed by atoms with Crippen molar-refractivity contribution in [3.63, 3.8) is 0 Å². The van der Waals surface area contributed by atoms with Gasteiger partial charge in [-0.05, 0) is 20.3 Å². The summed E-state index contributed by atoms with van der Waals surface area (Å²) in [5.41, 5.74) is 8.35. The summed E-state index contributed by atoms with van der Waals surface area (Å²) in [5.74, 6) is 5.88. The van der Waals surface area contributed by atoms with E-state index < -0.39 is 0 Å². The average Bonchev–Trinajstić information content (AvgIpc) is 3.48. The summed E-state index contributed by atoms with van der Waals surface area (Å²) in [7, 11) is 1.84. The maximum Gasteiger partial charge on any atom is 0.0965 e. The maximum absolute atomic E-state index is 6.03. The monoisotopic (exact) mass is 581 g/mol. The van der Waals surface area contributed by atoms with Crippen LogP contribution in [0.4, 0.5) is 0 Å². The molecule has 4 N–H and O–H groups in total. The van der Waals surface area contributed by atoms with Crippen molar-refractivity contribution in [3.8, 4) is 0 Å². The summed E-state index contributed by atoms with van der Waals surface area (Å²) in [6.45, 7) is 17.5. The van der Waals surface area contributed by atoms with Gasteiger partial charge in [0.05, 0.1) is 11.4 Å². The number of hydrazine groups is 1. The molecule has 2 heterocycles. The normalized spacial score (nSPS) is 10.9. The Bertz CT molecular complexity index is 790. The third-order valence-electron chi connectivity index (χ3n) is 4.44. The van der Waals surface area contributed by atoms with Gasteiger partial charge in [0, 0.05) is 83.2 Å².